The summed E-state index contributed by atoms with van der Waals surface area (Å²) >= 11 is 0. The van der Waals surface area contributed by atoms with Crippen molar-refractivity contribution in [3.05, 3.63) is 23.3 Å². The molecule has 0 spiro atoms. The molecule has 13 heavy (non-hydrogen) atoms. The molecule has 0 heterocycles. The highest BCUT2D eigenvalue weighted by Crippen LogP contribution is 2.52. The van der Waals surface area contributed by atoms with Crippen LogP contribution in [-0.4, -0.2) is 0 Å². The summed E-state index contributed by atoms with van der Waals surface area (Å²) in [6.45, 7) is 10.9. The maximum atomic E-state index is 2.34. The largest absolute Gasteiger partial charge is 0.0696 e. The van der Waals surface area contributed by atoms with Crippen LogP contribution < -0.4 is 0 Å². The molecule has 2 atom stereocenters. The fraction of sp³-hybridized carbons (Fsp3) is 0.692. The molecule has 2 aliphatic carbocycles. The topological polar surface area (TPSA) is 0 Å². The van der Waals surface area contributed by atoms with Gasteiger partial charge in [-0.2, -0.15) is 0 Å². The van der Waals surface area contributed by atoms with Crippen LogP contribution in [0.25, 0.3) is 0 Å². The van der Waals surface area contributed by atoms with Crippen LogP contribution in [0.1, 0.15) is 41.0 Å². The van der Waals surface area contributed by atoms with Crippen LogP contribution >= 0.6 is 0 Å². The molecule has 0 aromatic carbocycles. The third-order valence-electron chi connectivity index (χ3n) is 3.01. The number of hydrogen-bond donors (Lipinski definition) is 0. The molecule has 0 nitrogen and oxygen atoms in total. The number of fused-ring (bicyclic) bond motifs is 1. The third kappa shape index (κ3) is 2.04. The molecule has 0 radical (unpaired) electrons. The van der Waals surface area contributed by atoms with Crippen LogP contribution in [0.3, 0.4) is 0 Å². The quantitative estimate of drug-likeness (QED) is 0.564. The van der Waals surface area contributed by atoms with E-state index in [1.807, 2.05) is 13.8 Å². The second-order valence-electron chi connectivity index (χ2n) is 4.18. The Morgan fingerprint density at radius 1 is 1.15 bits per heavy atom. The first-order valence-corrected chi connectivity index (χ1v) is 5.58. The molecule has 1 fully saturated rings. The Hall–Kier alpha value is -0.520. The second kappa shape index (κ2) is 4.13. The maximum Gasteiger partial charge on any atom is -0.0126 e. The maximum absolute atomic E-state index is 2.34. The van der Waals surface area contributed by atoms with Crippen LogP contribution in [0.4, 0.5) is 0 Å². The van der Waals surface area contributed by atoms with Gasteiger partial charge in [-0.05, 0) is 31.1 Å². The lowest BCUT2D eigenvalue weighted by Crippen LogP contribution is -2.01. The summed E-state index contributed by atoms with van der Waals surface area (Å²) in [5, 5.41) is 0. The number of hydrogen-bond acceptors (Lipinski definition) is 0. The van der Waals surface area contributed by atoms with Crippen molar-refractivity contribution in [3.8, 4) is 0 Å². The van der Waals surface area contributed by atoms with Gasteiger partial charge in [-0.15, -0.1) is 0 Å². The van der Waals surface area contributed by atoms with E-state index in [4.69, 9.17) is 0 Å². The van der Waals surface area contributed by atoms with Crippen molar-refractivity contribution in [3.63, 3.8) is 0 Å². The van der Waals surface area contributed by atoms with Gasteiger partial charge < -0.3 is 0 Å². The molecule has 0 N–H and O–H groups in total. The standard InChI is InChI=1S/C11H16.C2H6/c1-7(2)9-5-4-8(3)10-6-11(9)10;1-2/h4-5,7,10-11H,6H2,1-3H3;1-2H3. The highest BCUT2D eigenvalue weighted by Gasteiger charge is 2.42. The Morgan fingerprint density at radius 3 is 2.31 bits per heavy atom. The van der Waals surface area contributed by atoms with Gasteiger partial charge in [0.15, 0.2) is 0 Å². The van der Waals surface area contributed by atoms with E-state index < -0.39 is 0 Å². The fourth-order valence-corrected chi connectivity index (χ4v) is 2.16. The predicted octanol–water partition coefficient (Wildman–Crippen LogP) is 4.19. The van der Waals surface area contributed by atoms with Gasteiger partial charge in [0.05, 0.1) is 0 Å². The zero-order valence-corrected chi connectivity index (χ0v) is 9.59. The van der Waals surface area contributed by atoms with Crippen LogP contribution in [-0.2, 0) is 0 Å². The molecule has 0 aromatic rings. The molecule has 2 aliphatic rings. The lowest BCUT2D eigenvalue weighted by molar-refractivity contribution is 0.677. The molecule has 0 saturated heterocycles. The number of rotatable bonds is 1. The molecule has 0 amide bonds. The molecular weight excluding hydrogens is 156 g/mol. The summed E-state index contributed by atoms with van der Waals surface area (Å²) in [7, 11) is 0. The van der Waals surface area contributed by atoms with Crippen LogP contribution in [0, 0.1) is 17.8 Å². The Bertz CT molecular complexity index is 230. The van der Waals surface area contributed by atoms with Crippen LogP contribution in [0.2, 0.25) is 0 Å². The minimum Gasteiger partial charge on any atom is -0.0696 e. The van der Waals surface area contributed by atoms with E-state index in [2.05, 4.69) is 32.9 Å². The van der Waals surface area contributed by atoms with Crippen molar-refractivity contribution in [2.24, 2.45) is 17.8 Å². The predicted molar refractivity (Wildman–Crippen MR) is 59.6 cm³/mol. The van der Waals surface area contributed by atoms with Gasteiger partial charge in [0, 0.05) is 0 Å². The van der Waals surface area contributed by atoms with E-state index in [1.165, 1.54) is 6.42 Å². The highest BCUT2D eigenvalue weighted by molar-refractivity contribution is 5.35. The van der Waals surface area contributed by atoms with Crippen molar-refractivity contribution in [1.29, 1.82) is 0 Å². The lowest BCUT2D eigenvalue weighted by atomic mass is 9.92. The summed E-state index contributed by atoms with van der Waals surface area (Å²) in [6.07, 6.45) is 6.07. The molecule has 0 aliphatic heterocycles. The van der Waals surface area contributed by atoms with Gasteiger partial charge in [0.25, 0.3) is 0 Å². The van der Waals surface area contributed by atoms with Gasteiger partial charge in [0.2, 0.25) is 0 Å². The molecule has 0 aromatic heterocycles. The van der Waals surface area contributed by atoms with Crippen molar-refractivity contribution < 1.29 is 0 Å². The summed E-state index contributed by atoms with van der Waals surface area (Å²) in [6, 6.07) is 0. The molecule has 0 bridgehead atoms. The Morgan fingerprint density at radius 2 is 1.77 bits per heavy atom. The van der Waals surface area contributed by atoms with E-state index in [0.717, 1.165) is 17.8 Å². The summed E-state index contributed by atoms with van der Waals surface area (Å²) < 4.78 is 0. The van der Waals surface area contributed by atoms with Gasteiger partial charge >= 0.3 is 0 Å². The summed E-state index contributed by atoms with van der Waals surface area (Å²) in [4.78, 5) is 0. The van der Waals surface area contributed by atoms with Crippen LogP contribution in [0.15, 0.2) is 23.3 Å². The smallest absolute Gasteiger partial charge is 0.0126 e. The van der Waals surface area contributed by atoms with Crippen molar-refractivity contribution in [2.75, 3.05) is 0 Å². The van der Waals surface area contributed by atoms with E-state index >= 15 is 0 Å². The van der Waals surface area contributed by atoms with Crippen LogP contribution in [0.5, 0.6) is 0 Å². The minimum atomic E-state index is 0.759. The molecular formula is C13H22. The molecule has 74 valence electrons. The fourth-order valence-electron chi connectivity index (χ4n) is 2.16. The van der Waals surface area contributed by atoms with E-state index in [0.29, 0.717) is 0 Å². The Labute approximate surface area is 82.7 Å². The molecule has 0 heteroatoms. The SMILES string of the molecule is CC.CC1=CC=C(C(C)C)C2CC12. The van der Waals surface area contributed by atoms with Gasteiger partial charge in [-0.3, -0.25) is 0 Å². The van der Waals surface area contributed by atoms with Crippen molar-refractivity contribution in [2.45, 2.75) is 41.0 Å². The van der Waals surface area contributed by atoms with Crippen molar-refractivity contribution in [1.82, 2.24) is 0 Å². The van der Waals surface area contributed by atoms with Crippen molar-refractivity contribution >= 4 is 0 Å². The summed E-state index contributed by atoms with van der Waals surface area (Å²) in [5.74, 6) is 2.62. The Kier molecular flexibility index (Phi) is 3.35. The zero-order valence-electron chi connectivity index (χ0n) is 9.59. The number of allylic oxidation sites excluding steroid dienone is 4. The monoisotopic (exact) mass is 178 g/mol. The first kappa shape index (κ1) is 10.6. The van der Waals surface area contributed by atoms with E-state index in [9.17, 15) is 0 Å². The molecule has 1 saturated carbocycles. The first-order valence-electron chi connectivity index (χ1n) is 5.58. The highest BCUT2D eigenvalue weighted by atomic mass is 14.5. The second-order valence-corrected chi connectivity index (χ2v) is 4.18. The minimum absolute atomic E-state index is 0.759. The normalized spacial score (nSPS) is 29.7. The van der Waals surface area contributed by atoms with Gasteiger partial charge in [0.1, 0.15) is 0 Å². The zero-order chi connectivity index (χ0) is 10.0. The van der Waals surface area contributed by atoms with Gasteiger partial charge in [-0.25, -0.2) is 0 Å². The Balaban J connectivity index is 0.000000396. The van der Waals surface area contributed by atoms with Gasteiger partial charge in [-0.1, -0.05) is 51.0 Å². The first-order chi connectivity index (χ1) is 6.20. The molecule has 2 rings (SSSR count). The van der Waals surface area contributed by atoms with E-state index in [1.54, 1.807) is 11.1 Å². The third-order valence-corrected chi connectivity index (χ3v) is 3.01. The molecule has 2 unspecified atom stereocenters. The summed E-state index contributed by atoms with van der Waals surface area (Å²) in [5.41, 5.74) is 3.28. The average Bonchev–Trinajstić information content (AvgIpc) is 2.88. The lowest BCUT2D eigenvalue weighted by Gasteiger charge is -2.14. The van der Waals surface area contributed by atoms with E-state index in [-0.39, 0.29) is 0 Å². The average molecular weight is 178 g/mol.